The molecule has 0 saturated carbocycles. The highest BCUT2D eigenvalue weighted by Crippen LogP contribution is 2.21. The molecule has 0 aromatic heterocycles. The summed E-state index contributed by atoms with van der Waals surface area (Å²) < 4.78 is 27.5. The van der Waals surface area contributed by atoms with E-state index in [1.807, 2.05) is 0 Å². The van der Waals surface area contributed by atoms with Crippen molar-refractivity contribution in [2.75, 3.05) is 13.4 Å². The van der Waals surface area contributed by atoms with Crippen molar-refractivity contribution in [3.8, 4) is 0 Å². The topological polar surface area (TPSA) is 107 Å². The van der Waals surface area contributed by atoms with Crippen LogP contribution < -0.4 is 0 Å². The van der Waals surface area contributed by atoms with Crippen molar-refractivity contribution in [2.45, 2.75) is 5.75 Å². The maximum atomic E-state index is 11.3. The standard InChI is InChI=1S/C10H11BrO4S.C7H5ClO3/c1-15-10(12)7-3-4-9(11)8(5-7)6-16(2,13)14;8-6-3-1-2-5(4-6)7(9)11-10/h3-5H,6H2,1-2H3;1-4,10H. The highest BCUT2D eigenvalue weighted by Gasteiger charge is 2.12. The van der Waals surface area contributed by atoms with Crippen molar-refractivity contribution in [1.29, 1.82) is 0 Å². The lowest BCUT2D eigenvalue weighted by atomic mass is 10.1. The van der Waals surface area contributed by atoms with Crippen LogP contribution in [-0.4, -0.2) is 39.0 Å². The fourth-order valence-electron chi connectivity index (χ4n) is 1.88. The van der Waals surface area contributed by atoms with Gasteiger partial charge in [-0.15, -0.1) is 0 Å². The molecule has 0 aliphatic rings. The highest BCUT2D eigenvalue weighted by atomic mass is 79.9. The predicted molar refractivity (Wildman–Crippen MR) is 104 cm³/mol. The number of carbonyl (C=O) groups is 2. The first-order chi connectivity index (χ1) is 12.6. The van der Waals surface area contributed by atoms with Gasteiger partial charge in [-0.2, -0.15) is 5.26 Å². The average Bonchev–Trinajstić information content (AvgIpc) is 2.61. The van der Waals surface area contributed by atoms with Gasteiger partial charge in [0.15, 0.2) is 9.84 Å². The number of methoxy groups -OCH3 is 1. The van der Waals surface area contributed by atoms with E-state index in [0.717, 1.165) is 6.26 Å². The van der Waals surface area contributed by atoms with Gasteiger partial charge in [0.25, 0.3) is 0 Å². The molecule has 0 spiro atoms. The van der Waals surface area contributed by atoms with Gasteiger partial charge in [-0.3, -0.25) is 4.89 Å². The number of halogens is 2. The van der Waals surface area contributed by atoms with Crippen LogP contribution in [0.3, 0.4) is 0 Å². The van der Waals surface area contributed by atoms with Gasteiger partial charge in [-0.05, 0) is 42.0 Å². The fraction of sp³-hybridized carbons (Fsp3) is 0.176. The molecular formula is C17H16BrClO7S. The first kappa shape index (κ1) is 23.1. The smallest absolute Gasteiger partial charge is 0.372 e. The molecule has 0 saturated heterocycles. The van der Waals surface area contributed by atoms with E-state index in [-0.39, 0.29) is 11.3 Å². The number of hydrogen-bond donors (Lipinski definition) is 1. The Kier molecular flexibility index (Phi) is 8.91. The Morgan fingerprint density at radius 1 is 1.11 bits per heavy atom. The van der Waals surface area contributed by atoms with Gasteiger partial charge >= 0.3 is 11.9 Å². The zero-order valence-corrected chi connectivity index (χ0v) is 17.5. The second kappa shape index (κ2) is 10.4. The molecule has 0 aliphatic carbocycles. The Labute approximate surface area is 169 Å². The van der Waals surface area contributed by atoms with Crippen LogP contribution in [0.4, 0.5) is 0 Å². The zero-order chi connectivity index (χ0) is 20.6. The average molecular weight is 480 g/mol. The Hall–Kier alpha value is -1.94. The molecule has 2 aromatic rings. The van der Waals surface area contributed by atoms with Crippen LogP contribution in [0.15, 0.2) is 46.9 Å². The van der Waals surface area contributed by atoms with E-state index in [0.29, 0.717) is 20.6 Å². The summed E-state index contributed by atoms with van der Waals surface area (Å²) >= 11 is 8.79. The van der Waals surface area contributed by atoms with Crippen LogP contribution in [0, 0.1) is 0 Å². The molecule has 2 aromatic carbocycles. The maximum absolute atomic E-state index is 11.3. The minimum Gasteiger partial charge on any atom is -0.465 e. The molecule has 0 atom stereocenters. The van der Waals surface area contributed by atoms with Crippen LogP contribution in [-0.2, 0) is 25.2 Å². The van der Waals surface area contributed by atoms with Crippen LogP contribution >= 0.6 is 27.5 Å². The maximum Gasteiger partial charge on any atom is 0.372 e. The molecule has 0 heterocycles. The number of rotatable bonds is 4. The lowest BCUT2D eigenvalue weighted by Crippen LogP contribution is -2.05. The number of benzene rings is 2. The van der Waals surface area contributed by atoms with E-state index in [9.17, 15) is 18.0 Å². The molecule has 0 radical (unpaired) electrons. The number of hydrogen-bond acceptors (Lipinski definition) is 7. The normalized spacial score (nSPS) is 10.4. The molecule has 0 amide bonds. The Balaban J connectivity index is 0.000000289. The van der Waals surface area contributed by atoms with Crippen molar-refractivity contribution < 1.29 is 32.9 Å². The molecule has 7 nitrogen and oxygen atoms in total. The summed E-state index contributed by atoms with van der Waals surface area (Å²) in [4.78, 5) is 25.4. The van der Waals surface area contributed by atoms with Gasteiger partial charge in [0.2, 0.25) is 0 Å². The minimum absolute atomic E-state index is 0.113. The van der Waals surface area contributed by atoms with Crippen molar-refractivity contribution in [1.82, 2.24) is 0 Å². The Bertz CT molecular complexity index is 929. The summed E-state index contributed by atoms with van der Waals surface area (Å²) in [5, 5.41) is 8.41. The summed E-state index contributed by atoms with van der Waals surface area (Å²) in [7, 11) is -1.85. The van der Waals surface area contributed by atoms with Gasteiger partial charge < -0.3 is 4.74 Å². The zero-order valence-electron chi connectivity index (χ0n) is 14.3. The molecule has 0 unspecified atom stereocenters. The molecule has 0 bridgehead atoms. The molecular weight excluding hydrogens is 464 g/mol. The fourth-order valence-corrected chi connectivity index (χ4v) is 3.45. The van der Waals surface area contributed by atoms with Gasteiger partial charge in [0.05, 0.1) is 24.0 Å². The molecule has 146 valence electrons. The van der Waals surface area contributed by atoms with Crippen LogP contribution in [0.25, 0.3) is 0 Å². The van der Waals surface area contributed by atoms with Crippen LogP contribution in [0.2, 0.25) is 5.02 Å². The SMILES string of the molecule is COC(=O)c1ccc(Br)c(CS(C)(=O)=O)c1.O=C(OO)c1cccc(Cl)c1. The second-order valence-electron chi connectivity index (χ2n) is 5.26. The summed E-state index contributed by atoms with van der Waals surface area (Å²) in [6.07, 6.45) is 1.14. The van der Waals surface area contributed by atoms with E-state index in [1.54, 1.807) is 24.3 Å². The number of ether oxygens (including phenoxy) is 1. The third-order valence-corrected chi connectivity index (χ3v) is 4.87. The van der Waals surface area contributed by atoms with Crippen molar-refractivity contribution >= 4 is 49.3 Å². The van der Waals surface area contributed by atoms with Crippen molar-refractivity contribution in [3.05, 3.63) is 68.7 Å². The van der Waals surface area contributed by atoms with Gasteiger partial charge in [-0.1, -0.05) is 33.6 Å². The molecule has 0 fully saturated rings. The number of sulfone groups is 1. The molecule has 2 rings (SSSR count). The van der Waals surface area contributed by atoms with Crippen molar-refractivity contribution in [3.63, 3.8) is 0 Å². The minimum atomic E-state index is -3.13. The van der Waals surface area contributed by atoms with Gasteiger partial charge in [-0.25, -0.2) is 18.0 Å². The summed E-state index contributed by atoms with van der Waals surface area (Å²) in [5.41, 5.74) is 1.11. The quantitative estimate of drug-likeness (QED) is 0.404. The van der Waals surface area contributed by atoms with Crippen molar-refractivity contribution in [2.24, 2.45) is 0 Å². The van der Waals surface area contributed by atoms with E-state index < -0.39 is 21.8 Å². The van der Waals surface area contributed by atoms with Gasteiger partial charge in [0, 0.05) is 15.8 Å². The first-order valence-corrected chi connectivity index (χ1v) is 10.5. The van der Waals surface area contributed by atoms with E-state index in [4.69, 9.17) is 16.9 Å². The summed E-state index contributed by atoms with van der Waals surface area (Å²) in [6, 6.07) is 10.8. The third kappa shape index (κ3) is 8.08. The number of carbonyl (C=O) groups excluding carboxylic acids is 2. The monoisotopic (exact) mass is 478 g/mol. The van der Waals surface area contributed by atoms with Gasteiger partial charge in [0.1, 0.15) is 0 Å². The lowest BCUT2D eigenvalue weighted by molar-refractivity contribution is -0.182. The Morgan fingerprint density at radius 3 is 2.26 bits per heavy atom. The molecule has 27 heavy (non-hydrogen) atoms. The highest BCUT2D eigenvalue weighted by molar-refractivity contribution is 9.10. The largest absolute Gasteiger partial charge is 0.465 e. The predicted octanol–water partition coefficient (Wildman–Crippen LogP) is 3.75. The molecule has 10 heteroatoms. The molecule has 0 aliphatic heterocycles. The van der Waals surface area contributed by atoms with E-state index in [2.05, 4.69) is 25.6 Å². The summed E-state index contributed by atoms with van der Waals surface area (Å²) in [6.45, 7) is 0. The van der Waals surface area contributed by atoms with E-state index in [1.165, 1.54) is 25.3 Å². The van der Waals surface area contributed by atoms with E-state index >= 15 is 0 Å². The first-order valence-electron chi connectivity index (χ1n) is 7.23. The Morgan fingerprint density at radius 2 is 1.74 bits per heavy atom. The summed E-state index contributed by atoms with van der Waals surface area (Å²) in [5.74, 6) is -1.41. The number of esters is 1. The van der Waals surface area contributed by atoms with Crippen LogP contribution in [0.1, 0.15) is 26.3 Å². The molecule has 1 N–H and O–H groups in total. The lowest BCUT2D eigenvalue weighted by Gasteiger charge is -2.05. The second-order valence-corrected chi connectivity index (χ2v) is 8.69. The third-order valence-electron chi connectivity index (χ3n) is 3.03. The van der Waals surface area contributed by atoms with Crippen LogP contribution in [0.5, 0.6) is 0 Å².